The van der Waals surface area contributed by atoms with E-state index in [0.29, 0.717) is 16.9 Å². The lowest BCUT2D eigenvalue weighted by Crippen LogP contribution is -2.32. The average Bonchev–Trinajstić information content (AvgIpc) is 3.06. The maximum atomic E-state index is 12.8. The van der Waals surface area contributed by atoms with Gasteiger partial charge in [-0.1, -0.05) is 30.3 Å². The van der Waals surface area contributed by atoms with Crippen LogP contribution < -0.4 is 5.32 Å². The standard InChI is InChI=1S/C23H25N3O2S/c1-15-13-17(14-26-9-11-29-12-10-26)7-8-19(15)25-23(28)22(27)21-16(2)24-20-6-4-3-5-18(20)21/h3-8,13,24H,9-12,14H2,1-2H3,(H,25,28). The maximum Gasteiger partial charge on any atom is 0.296 e. The molecule has 0 saturated carbocycles. The third-order valence-corrected chi connectivity index (χ3v) is 6.32. The van der Waals surface area contributed by atoms with E-state index in [4.69, 9.17) is 0 Å². The Kier molecular flexibility index (Phi) is 5.74. The molecule has 1 saturated heterocycles. The van der Waals surface area contributed by atoms with Gasteiger partial charge in [-0.3, -0.25) is 14.5 Å². The van der Waals surface area contributed by atoms with Crippen molar-refractivity contribution in [2.75, 3.05) is 29.9 Å². The van der Waals surface area contributed by atoms with Crippen LogP contribution in [0.25, 0.3) is 10.9 Å². The molecule has 0 bridgehead atoms. The van der Waals surface area contributed by atoms with Crippen molar-refractivity contribution in [2.24, 2.45) is 0 Å². The molecule has 1 fully saturated rings. The summed E-state index contributed by atoms with van der Waals surface area (Å²) in [5, 5.41) is 3.58. The topological polar surface area (TPSA) is 65.2 Å². The van der Waals surface area contributed by atoms with E-state index in [1.165, 1.54) is 17.1 Å². The Balaban J connectivity index is 1.49. The Hall–Kier alpha value is -2.57. The number of H-pyrrole nitrogens is 1. The van der Waals surface area contributed by atoms with Crippen LogP contribution in [0.15, 0.2) is 42.5 Å². The highest BCUT2D eigenvalue weighted by atomic mass is 32.2. The summed E-state index contributed by atoms with van der Waals surface area (Å²) < 4.78 is 0. The van der Waals surface area contributed by atoms with Crippen LogP contribution in [-0.2, 0) is 11.3 Å². The molecule has 2 N–H and O–H groups in total. The zero-order chi connectivity index (χ0) is 20.4. The van der Waals surface area contributed by atoms with Crippen LogP contribution >= 0.6 is 11.8 Å². The van der Waals surface area contributed by atoms with Gasteiger partial charge in [0.1, 0.15) is 0 Å². The summed E-state index contributed by atoms with van der Waals surface area (Å²) in [6.07, 6.45) is 0. The fourth-order valence-corrected chi connectivity index (χ4v) is 4.82. The van der Waals surface area contributed by atoms with Gasteiger partial charge in [0, 0.05) is 53.4 Å². The Morgan fingerprint density at radius 3 is 2.62 bits per heavy atom. The van der Waals surface area contributed by atoms with Gasteiger partial charge in [-0.05, 0) is 37.1 Å². The molecule has 1 aromatic heterocycles. The summed E-state index contributed by atoms with van der Waals surface area (Å²) >= 11 is 2.00. The van der Waals surface area contributed by atoms with Crippen molar-refractivity contribution < 1.29 is 9.59 Å². The van der Waals surface area contributed by atoms with Gasteiger partial charge in [0.05, 0.1) is 5.56 Å². The molecule has 1 aliphatic rings. The zero-order valence-electron chi connectivity index (χ0n) is 16.7. The Morgan fingerprint density at radius 2 is 1.86 bits per heavy atom. The fraction of sp³-hybridized carbons (Fsp3) is 0.304. The second kappa shape index (κ2) is 8.43. The van der Waals surface area contributed by atoms with Crippen LogP contribution in [0.4, 0.5) is 5.69 Å². The minimum atomic E-state index is -0.609. The quantitative estimate of drug-likeness (QED) is 0.492. The lowest BCUT2D eigenvalue weighted by Gasteiger charge is -2.26. The Labute approximate surface area is 174 Å². The van der Waals surface area contributed by atoms with Crippen molar-refractivity contribution >= 4 is 40.0 Å². The number of thioether (sulfide) groups is 1. The summed E-state index contributed by atoms with van der Waals surface area (Å²) in [4.78, 5) is 31.1. The smallest absolute Gasteiger partial charge is 0.296 e. The number of para-hydroxylation sites is 1. The first kappa shape index (κ1) is 19.7. The highest BCUT2D eigenvalue weighted by molar-refractivity contribution is 7.99. The Morgan fingerprint density at radius 1 is 1.10 bits per heavy atom. The fourth-order valence-electron chi connectivity index (χ4n) is 3.84. The number of anilines is 1. The van der Waals surface area contributed by atoms with Crippen LogP contribution in [0.1, 0.15) is 27.2 Å². The normalized spacial score (nSPS) is 14.8. The van der Waals surface area contributed by atoms with E-state index in [1.807, 2.05) is 62.0 Å². The first-order valence-corrected chi connectivity index (χ1v) is 11.0. The number of carbonyl (C=O) groups is 2. The van der Waals surface area contributed by atoms with Crippen LogP contribution in [0.5, 0.6) is 0 Å². The average molecular weight is 408 g/mol. The number of nitrogens with one attached hydrogen (secondary N) is 2. The number of aromatic amines is 1. The van der Waals surface area contributed by atoms with Gasteiger partial charge in [0.2, 0.25) is 0 Å². The van der Waals surface area contributed by atoms with Gasteiger partial charge in [0.25, 0.3) is 11.7 Å². The highest BCUT2D eigenvalue weighted by Crippen LogP contribution is 2.24. The highest BCUT2D eigenvalue weighted by Gasteiger charge is 2.23. The van der Waals surface area contributed by atoms with Gasteiger partial charge in [-0.25, -0.2) is 0 Å². The molecule has 29 heavy (non-hydrogen) atoms. The molecule has 0 aliphatic carbocycles. The number of fused-ring (bicyclic) bond motifs is 1. The summed E-state index contributed by atoms with van der Waals surface area (Å²) in [7, 11) is 0. The minimum Gasteiger partial charge on any atom is -0.358 e. The molecule has 3 aromatic rings. The first-order chi connectivity index (χ1) is 14.0. The van der Waals surface area contributed by atoms with Crippen LogP contribution in [0.2, 0.25) is 0 Å². The third kappa shape index (κ3) is 4.23. The summed E-state index contributed by atoms with van der Waals surface area (Å²) in [5.41, 5.74) is 4.88. The van der Waals surface area contributed by atoms with Crippen LogP contribution in [0.3, 0.4) is 0 Å². The lowest BCUT2D eigenvalue weighted by molar-refractivity contribution is -0.112. The van der Waals surface area contributed by atoms with Gasteiger partial charge in [-0.15, -0.1) is 0 Å². The van der Waals surface area contributed by atoms with Crippen molar-refractivity contribution in [2.45, 2.75) is 20.4 Å². The van der Waals surface area contributed by atoms with E-state index < -0.39 is 11.7 Å². The van der Waals surface area contributed by atoms with E-state index in [0.717, 1.165) is 36.1 Å². The van der Waals surface area contributed by atoms with Gasteiger partial charge in [0.15, 0.2) is 0 Å². The molecule has 150 valence electrons. The number of rotatable bonds is 5. The predicted octanol–water partition coefficient (Wildman–Crippen LogP) is 4.15. The van der Waals surface area contributed by atoms with E-state index >= 15 is 0 Å². The van der Waals surface area contributed by atoms with Gasteiger partial charge < -0.3 is 10.3 Å². The largest absolute Gasteiger partial charge is 0.358 e. The molecular weight excluding hydrogens is 382 g/mol. The molecule has 0 radical (unpaired) electrons. The van der Waals surface area contributed by atoms with Crippen molar-refractivity contribution in [1.82, 2.24) is 9.88 Å². The number of hydrogen-bond donors (Lipinski definition) is 2. The second-order valence-corrected chi connectivity index (χ2v) is 8.72. The van der Waals surface area contributed by atoms with Crippen molar-refractivity contribution in [1.29, 1.82) is 0 Å². The second-order valence-electron chi connectivity index (χ2n) is 7.49. The number of nitrogens with zero attached hydrogens (tertiary/aromatic N) is 1. The number of amides is 1. The van der Waals surface area contributed by atoms with Crippen LogP contribution in [0, 0.1) is 13.8 Å². The van der Waals surface area contributed by atoms with E-state index in [9.17, 15) is 9.59 Å². The van der Waals surface area contributed by atoms with Crippen molar-refractivity contribution in [3.05, 3.63) is 64.8 Å². The number of hydrogen-bond acceptors (Lipinski definition) is 4. The molecule has 6 heteroatoms. The monoisotopic (exact) mass is 407 g/mol. The molecule has 4 rings (SSSR count). The summed E-state index contributed by atoms with van der Waals surface area (Å²) in [6.45, 7) is 6.93. The number of Topliss-reactive ketones (excluding diaryl/α,β-unsaturated/α-hetero) is 1. The van der Waals surface area contributed by atoms with Crippen LogP contribution in [-0.4, -0.2) is 46.2 Å². The molecule has 5 nitrogen and oxygen atoms in total. The zero-order valence-corrected chi connectivity index (χ0v) is 17.6. The Bertz CT molecular complexity index is 1070. The summed E-state index contributed by atoms with van der Waals surface area (Å²) in [5.74, 6) is 1.24. The molecule has 0 atom stereocenters. The molecule has 0 spiro atoms. The van der Waals surface area contributed by atoms with Gasteiger partial charge >= 0.3 is 0 Å². The number of aromatic nitrogens is 1. The SMILES string of the molecule is Cc1cc(CN2CCSCC2)ccc1NC(=O)C(=O)c1c(C)[nH]c2ccccc12. The molecule has 2 heterocycles. The minimum absolute atomic E-state index is 0.440. The first-order valence-electron chi connectivity index (χ1n) is 9.85. The van der Waals surface area contributed by atoms with E-state index in [1.54, 1.807) is 0 Å². The lowest BCUT2D eigenvalue weighted by atomic mass is 10.1. The van der Waals surface area contributed by atoms with Crippen molar-refractivity contribution in [3.8, 4) is 0 Å². The number of benzene rings is 2. The molecule has 1 aliphatic heterocycles. The summed E-state index contributed by atoms with van der Waals surface area (Å²) in [6, 6.07) is 13.6. The maximum absolute atomic E-state index is 12.8. The van der Waals surface area contributed by atoms with E-state index in [2.05, 4.69) is 21.3 Å². The molecular formula is C23H25N3O2S. The van der Waals surface area contributed by atoms with E-state index in [-0.39, 0.29) is 0 Å². The predicted molar refractivity (Wildman–Crippen MR) is 120 cm³/mol. The van der Waals surface area contributed by atoms with Gasteiger partial charge in [-0.2, -0.15) is 11.8 Å². The van der Waals surface area contributed by atoms with Crippen molar-refractivity contribution in [3.63, 3.8) is 0 Å². The molecule has 1 amide bonds. The molecule has 2 aromatic carbocycles. The number of ketones is 1. The number of aryl methyl sites for hydroxylation is 2. The number of carbonyl (C=O) groups excluding carboxylic acids is 2. The molecule has 0 unspecified atom stereocenters. The third-order valence-electron chi connectivity index (χ3n) is 5.38.